The Morgan fingerprint density at radius 3 is 3.10 bits per heavy atom. The van der Waals surface area contributed by atoms with Crippen molar-refractivity contribution in [1.29, 1.82) is 0 Å². The third-order valence-corrected chi connectivity index (χ3v) is 3.39. The van der Waals surface area contributed by atoms with E-state index >= 15 is 0 Å². The smallest absolute Gasteiger partial charge is 0.246 e. The summed E-state index contributed by atoms with van der Waals surface area (Å²) in [6.07, 6.45) is 4.21. The predicted octanol–water partition coefficient (Wildman–Crippen LogP) is 1.82. The Bertz CT molecular complexity index is 614. The number of piperidine rings is 1. The third-order valence-electron chi connectivity index (χ3n) is 3.39. The van der Waals surface area contributed by atoms with E-state index in [1.165, 1.54) is 6.08 Å². The summed E-state index contributed by atoms with van der Waals surface area (Å²) in [6, 6.07) is 7.46. The fourth-order valence-corrected chi connectivity index (χ4v) is 2.36. The number of carbonyl (C=O) groups is 1. The summed E-state index contributed by atoms with van der Waals surface area (Å²) in [6.45, 7) is 1.09. The van der Waals surface area contributed by atoms with Gasteiger partial charge in [-0.05, 0) is 25.0 Å². The lowest BCUT2D eigenvalue weighted by atomic mass is 10.1. The summed E-state index contributed by atoms with van der Waals surface area (Å²) in [5.41, 5.74) is 1.47. The fraction of sp³-hybridized carbons (Fsp3) is 0.333. The molecule has 0 saturated carbocycles. The van der Waals surface area contributed by atoms with Gasteiger partial charge in [-0.2, -0.15) is 0 Å². The van der Waals surface area contributed by atoms with Gasteiger partial charge in [0.1, 0.15) is 5.52 Å². The zero-order valence-electron chi connectivity index (χ0n) is 11.0. The Morgan fingerprint density at radius 2 is 2.30 bits per heavy atom. The van der Waals surface area contributed by atoms with E-state index in [-0.39, 0.29) is 5.91 Å². The zero-order valence-corrected chi connectivity index (χ0v) is 11.0. The van der Waals surface area contributed by atoms with Crippen LogP contribution >= 0.6 is 0 Å². The number of likely N-dealkylation sites (tertiary alicyclic amines) is 1. The summed E-state index contributed by atoms with van der Waals surface area (Å²) >= 11 is 0. The summed E-state index contributed by atoms with van der Waals surface area (Å²) in [5, 5.41) is 9.56. The number of oxazole rings is 1. The number of para-hydroxylation sites is 2. The van der Waals surface area contributed by atoms with Gasteiger partial charge in [0.05, 0.1) is 6.10 Å². The lowest BCUT2D eigenvalue weighted by Gasteiger charge is -2.29. The molecule has 0 radical (unpaired) electrons. The van der Waals surface area contributed by atoms with Crippen LogP contribution in [-0.4, -0.2) is 40.1 Å². The summed E-state index contributed by atoms with van der Waals surface area (Å²) in [4.78, 5) is 17.9. The Labute approximate surface area is 116 Å². The van der Waals surface area contributed by atoms with Crippen LogP contribution in [-0.2, 0) is 4.79 Å². The molecule has 1 N–H and O–H groups in total. The number of aliphatic hydroxyl groups is 1. The average molecular weight is 272 g/mol. The molecule has 1 saturated heterocycles. The van der Waals surface area contributed by atoms with Gasteiger partial charge < -0.3 is 14.4 Å². The van der Waals surface area contributed by atoms with Crippen molar-refractivity contribution in [2.45, 2.75) is 18.9 Å². The number of aromatic nitrogens is 1. The molecule has 104 valence electrons. The number of β-amino-alcohol motifs (C(OH)–C–C–N with tert-alkyl or cyclic N) is 1. The quantitative estimate of drug-likeness (QED) is 0.847. The van der Waals surface area contributed by atoms with E-state index in [1.54, 1.807) is 11.0 Å². The first-order valence-electron chi connectivity index (χ1n) is 6.73. The molecule has 0 bridgehead atoms. The number of carbonyl (C=O) groups excluding carboxylic acids is 1. The normalized spacial score (nSPS) is 19.9. The van der Waals surface area contributed by atoms with E-state index < -0.39 is 6.10 Å². The molecule has 5 heteroatoms. The molecule has 3 rings (SSSR count). The van der Waals surface area contributed by atoms with Crippen LogP contribution in [0.4, 0.5) is 0 Å². The number of rotatable bonds is 2. The van der Waals surface area contributed by atoms with E-state index in [9.17, 15) is 9.90 Å². The fourth-order valence-electron chi connectivity index (χ4n) is 2.36. The minimum Gasteiger partial charge on any atom is -0.437 e. The standard InChI is InChI=1S/C15H16N2O3/c18-11-4-3-9-17(10-11)15(19)8-7-14-16-12-5-1-2-6-13(12)20-14/h1-2,5-8,11,18H,3-4,9-10H2/b8-7+. The maximum Gasteiger partial charge on any atom is 0.246 e. The molecule has 1 aliphatic heterocycles. The van der Waals surface area contributed by atoms with Gasteiger partial charge in [0, 0.05) is 25.2 Å². The lowest BCUT2D eigenvalue weighted by molar-refractivity contribution is -0.128. The number of nitrogens with zero attached hydrogens (tertiary/aromatic N) is 2. The van der Waals surface area contributed by atoms with Crippen molar-refractivity contribution in [3.8, 4) is 0 Å². The highest BCUT2D eigenvalue weighted by atomic mass is 16.3. The number of benzene rings is 1. The molecule has 20 heavy (non-hydrogen) atoms. The largest absolute Gasteiger partial charge is 0.437 e. The van der Waals surface area contributed by atoms with Crippen LogP contribution in [0.3, 0.4) is 0 Å². The summed E-state index contributed by atoms with van der Waals surface area (Å²) in [7, 11) is 0. The number of hydrogen-bond acceptors (Lipinski definition) is 4. The highest BCUT2D eigenvalue weighted by Crippen LogP contribution is 2.16. The van der Waals surface area contributed by atoms with Crippen LogP contribution in [0.2, 0.25) is 0 Å². The van der Waals surface area contributed by atoms with Crippen molar-refractivity contribution in [2.75, 3.05) is 13.1 Å². The van der Waals surface area contributed by atoms with Crippen LogP contribution in [0.15, 0.2) is 34.8 Å². The van der Waals surface area contributed by atoms with Gasteiger partial charge in [-0.25, -0.2) is 4.98 Å². The Balaban J connectivity index is 1.71. The molecule has 1 aromatic carbocycles. The number of hydrogen-bond donors (Lipinski definition) is 1. The summed E-state index contributed by atoms with van der Waals surface area (Å²) < 4.78 is 5.51. The SMILES string of the molecule is O=C(/C=C/c1nc2ccccc2o1)N1CCCC(O)C1. The average Bonchev–Trinajstić information content (AvgIpc) is 2.87. The van der Waals surface area contributed by atoms with Crippen molar-refractivity contribution >= 4 is 23.1 Å². The van der Waals surface area contributed by atoms with Gasteiger partial charge in [-0.3, -0.25) is 4.79 Å². The molecule has 1 aliphatic rings. The van der Waals surface area contributed by atoms with Crippen molar-refractivity contribution in [2.24, 2.45) is 0 Å². The molecular formula is C15H16N2O3. The van der Waals surface area contributed by atoms with Crippen molar-refractivity contribution in [3.63, 3.8) is 0 Å². The number of fused-ring (bicyclic) bond motifs is 1. The van der Waals surface area contributed by atoms with Gasteiger partial charge in [-0.15, -0.1) is 0 Å². The maximum atomic E-state index is 12.0. The van der Waals surface area contributed by atoms with Crippen LogP contribution in [0.25, 0.3) is 17.2 Å². The molecule has 1 amide bonds. The lowest BCUT2D eigenvalue weighted by Crippen LogP contribution is -2.41. The molecular weight excluding hydrogens is 256 g/mol. The second-order valence-electron chi connectivity index (χ2n) is 4.93. The summed E-state index contributed by atoms with van der Waals surface area (Å²) in [5.74, 6) is 0.295. The molecule has 1 aromatic heterocycles. The highest BCUT2D eigenvalue weighted by Gasteiger charge is 2.20. The molecule has 0 aliphatic carbocycles. The third kappa shape index (κ3) is 2.72. The Morgan fingerprint density at radius 1 is 1.45 bits per heavy atom. The van der Waals surface area contributed by atoms with Gasteiger partial charge in [-0.1, -0.05) is 12.1 Å². The van der Waals surface area contributed by atoms with Crippen LogP contribution in [0.5, 0.6) is 0 Å². The zero-order chi connectivity index (χ0) is 13.9. The van der Waals surface area contributed by atoms with Crippen LogP contribution < -0.4 is 0 Å². The number of amides is 1. The van der Waals surface area contributed by atoms with Crippen LogP contribution in [0.1, 0.15) is 18.7 Å². The topological polar surface area (TPSA) is 66.6 Å². The van der Waals surface area contributed by atoms with Gasteiger partial charge in [0.15, 0.2) is 5.58 Å². The highest BCUT2D eigenvalue weighted by molar-refractivity contribution is 5.91. The minimum atomic E-state index is -0.412. The van der Waals surface area contributed by atoms with E-state index in [1.807, 2.05) is 24.3 Å². The molecule has 5 nitrogen and oxygen atoms in total. The molecule has 2 heterocycles. The van der Waals surface area contributed by atoms with Gasteiger partial charge >= 0.3 is 0 Å². The van der Waals surface area contributed by atoms with E-state index in [4.69, 9.17) is 4.42 Å². The monoisotopic (exact) mass is 272 g/mol. The first-order valence-corrected chi connectivity index (χ1v) is 6.73. The van der Waals surface area contributed by atoms with Crippen molar-refractivity contribution < 1.29 is 14.3 Å². The molecule has 1 fully saturated rings. The van der Waals surface area contributed by atoms with Crippen molar-refractivity contribution in [1.82, 2.24) is 9.88 Å². The minimum absolute atomic E-state index is 0.119. The second-order valence-corrected chi connectivity index (χ2v) is 4.93. The van der Waals surface area contributed by atoms with Gasteiger partial charge in [0.25, 0.3) is 0 Å². The predicted molar refractivity (Wildman–Crippen MR) is 74.9 cm³/mol. The van der Waals surface area contributed by atoms with E-state index in [2.05, 4.69) is 4.98 Å². The first kappa shape index (κ1) is 12.9. The molecule has 2 aromatic rings. The Hall–Kier alpha value is -2.14. The van der Waals surface area contributed by atoms with Crippen molar-refractivity contribution in [3.05, 3.63) is 36.2 Å². The van der Waals surface area contributed by atoms with Gasteiger partial charge in [0.2, 0.25) is 11.8 Å². The molecule has 0 spiro atoms. The van der Waals surface area contributed by atoms with Crippen LogP contribution in [0, 0.1) is 0 Å². The van der Waals surface area contributed by atoms with E-state index in [0.29, 0.717) is 24.6 Å². The second kappa shape index (κ2) is 5.46. The molecule has 1 atom stereocenters. The Kier molecular flexibility index (Phi) is 3.52. The maximum absolute atomic E-state index is 12.0. The van der Waals surface area contributed by atoms with E-state index in [0.717, 1.165) is 18.4 Å². The molecule has 1 unspecified atom stereocenters. The number of aliphatic hydroxyl groups excluding tert-OH is 1. The first-order chi connectivity index (χ1) is 9.72.